The maximum atomic E-state index is 13.7. The van der Waals surface area contributed by atoms with Crippen LogP contribution < -0.4 is 4.74 Å². The largest absolute Gasteiger partial charge is 0.497 e. The van der Waals surface area contributed by atoms with Gasteiger partial charge in [-0.25, -0.2) is 9.23 Å². The van der Waals surface area contributed by atoms with Crippen molar-refractivity contribution >= 4 is 11.8 Å². The van der Waals surface area contributed by atoms with Crippen LogP contribution in [-0.4, -0.2) is 60.0 Å². The summed E-state index contributed by atoms with van der Waals surface area (Å²) in [6, 6.07) is 19.9. The number of ether oxygens (including phenoxy) is 2. The first kappa shape index (κ1) is 26.4. The molecule has 0 spiro atoms. The number of hydrogen-bond donors (Lipinski definition) is 1. The Morgan fingerprint density at radius 1 is 0.892 bits per heavy atom. The van der Waals surface area contributed by atoms with Crippen LogP contribution in [0.25, 0.3) is 0 Å². The van der Waals surface area contributed by atoms with Crippen molar-refractivity contribution in [1.29, 1.82) is 0 Å². The van der Waals surface area contributed by atoms with E-state index in [0.29, 0.717) is 16.4 Å². The molecule has 37 heavy (non-hydrogen) atoms. The number of piperazine rings is 1. The van der Waals surface area contributed by atoms with Gasteiger partial charge in [0.25, 0.3) is 11.8 Å². The van der Waals surface area contributed by atoms with Gasteiger partial charge in [-0.3, -0.25) is 14.5 Å². The lowest BCUT2D eigenvalue weighted by Gasteiger charge is -2.45. The SMILES string of the molecule is COCON1C(=O)C(Cc2ccccc2)N(Cc2ccc(OC)cc2)C(C(O)c2ccc(F)cc2)C1=O. The van der Waals surface area contributed by atoms with E-state index in [2.05, 4.69) is 0 Å². The molecule has 1 N–H and O–H groups in total. The molecule has 8 nitrogen and oxygen atoms in total. The lowest BCUT2D eigenvalue weighted by atomic mass is 9.92. The van der Waals surface area contributed by atoms with Crippen LogP contribution in [0.1, 0.15) is 22.8 Å². The van der Waals surface area contributed by atoms with Crippen LogP contribution in [0.3, 0.4) is 0 Å². The summed E-state index contributed by atoms with van der Waals surface area (Å²) in [7, 11) is 2.94. The number of rotatable bonds is 10. The molecule has 4 rings (SSSR count). The van der Waals surface area contributed by atoms with E-state index in [0.717, 1.165) is 11.1 Å². The molecule has 1 fully saturated rings. The van der Waals surface area contributed by atoms with Crippen LogP contribution >= 0.6 is 0 Å². The van der Waals surface area contributed by atoms with Gasteiger partial charge in [0.05, 0.1) is 13.2 Å². The highest BCUT2D eigenvalue weighted by Gasteiger charge is 2.50. The van der Waals surface area contributed by atoms with E-state index in [9.17, 15) is 19.1 Å². The average Bonchev–Trinajstić information content (AvgIpc) is 2.92. The van der Waals surface area contributed by atoms with Crippen molar-refractivity contribution in [1.82, 2.24) is 9.96 Å². The number of carbonyl (C=O) groups excluding carboxylic acids is 2. The van der Waals surface area contributed by atoms with Gasteiger partial charge in [0.1, 0.15) is 23.7 Å². The fourth-order valence-electron chi connectivity index (χ4n) is 4.43. The van der Waals surface area contributed by atoms with Crippen LogP contribution in [0.4, 0.5) is 4.39 Å². The van der Waals surface area contributed by atoms with Gasteiger partial charge in [-0.05, 0) is 47.4 Å². The van der Waals surface area contributed by atoms with E-state index >= 15 is 0 Å². The minimum atomic E-state index is -1.37. The van der Waals surface area contributed by atoms with Crippen LogP contribution in [0, 0.1) is 5.82 Å². The fourth-order valence-corrected chi connectivity index (χ4v) is 4.43. The number of nitrogens with zero attached hydrogens (tertiary/aromatic N) is 2. The van der Waals surface area contributed by atoms with Crippen molar-refractivity contribution in [3.63, 3.8) is 0 Å². The zero-order valence-corrected chi connectivity index (χ0v) is 20.6. The molecule has 3 unspecified atom stereocenters. The lowest BCUT2D eigenvalue weighted by Crippen LogP contribution is -2.66. The third kappa shape index (κ3) is 6.03. The number of methoxy groups -OCH3 is 2. The molecule has 0 bridgehead atoms. The summed E-state index contributed by atoms with van der Waals surface area (Å²) in [4.78, 5) is 34.3. The number of halogens is 1. The van der Waals surface area contributed by atoms with Crippen LogP contribution in [0.5, 0.6) is 5.75 Å². The molecule has 0 radical (unpaired) electrons. The number of amides is 2. The van der Waals surface area contributed by atoms with Gasteiger partial charge in [-0.1, -0.05) is 54.6 Å². The Balaban J connectivity index is 1.77. The molecule has 1 heterocycles. The Kier molecular flexibility index (Phi) is 8.62. The number of benzene rings is 3. The van der Waals surface area contributed by atoms with Crippen molar-refractivity contribution in [2.24, 2.45) is 0 Å². The van der Waals surface area contributed by atoms with Crippen molar-refractivity contribution in [3.8, 4) is 5.75 Å². The topological polar surface area (TPSA) is 88.5 Å². The summed E-state index contributed by atoms with van der Waals surface area (Å²) >= 11 is 0. The highest BCUT2D eigenvalue weighted by atomic mass is 19.1. The number of imide groups is 1. The Hall–Kier alpha value is -3.63. The molecule has 0 aliphatic carbocycles. The zero-order valence-electron chi connectivity index (χ0n) is 20.6. The zero-order chi connectivity index (χ0) is 26.4. The van der Waals surface area contributed by atoms with Crippen molar-refractivity contribution < 1.29 is 33.4 Å². The number of carbonyl (C=O) groups is 2. The van der Waals surface area contributed by atoms with Gasteiger partial charge < -0.3 is 14.6 Å². The number of hydrogen-bond acceptors (Lipinski definition) is 7. The first-order valence-corrected chi connectivity index (χ1v) is 11.8. The predicted molar refractivity (Wildman–Crippen MR) is 132 cm³/mol. The minimum Gasteiger partial charge on any atom is -0.497 e. The molecule has 3 aromatic carbocycles. The quantitative estimate of drug-likeness (QED) is 0.332. The smallest absolute Gasteiger partial charge is 0.274 e. The molecule has 3 aromatic rings. The molecule has 1 aliphatic rings. The molecule has 0 saturated carbocycles. The molecule has 3 atom stereocenters. The van der Waals surface area contributed by atoms with Crippen LogP contribution in [0.15, 0.2) is 78.9 Å². The molecule has 2 amide bonds. The summed E-state index contributed by atoms with van der Waals surface area (Å²) < 4.78 is 23.8. The van der Waals surface area contributed by atoms with Gasteiger partial charge in [-0.2, -0.15) is 0 Å². The Bertz CT molecular complexity index is 1190. The first-order chi connectivity index (χ1) is 17.9. The average molecular weight is 509 g/mol. The molecule has 0 aromatic heterocycles. The van der Waals surface area contributed by atoms with E-state index in [1.165, 1.54) is 31.4 Å². The minimum absolute atomic E-state index is 0.181. The monoisotopic (exact) mass is 508 g/mol. The van der Waals surface area contributed by atoms with Crippen molar-refractivity contribution in [3.05, 3.63) is 101 Å². The number of aliphatic hydroxyl groups is 1. The van der Waals surface area contributed by atoms with E-state index in [1.54, 1.807) is 24.1 Å². The number of hydroxylamine groups is 2. The summed E-state index contributed by atoms with van der Waals surface area (Å²) in [6.07, 6.45) is -1.10. The fraction of sp³-hybridized carbons (Fsp3) is 0.286. The van der Waals surface area contributed by atoms with E-state index < -0.39 is 35.8 Å². The van der Waals surface area contributed by atoms with Gasteiger partial charge in [-0.15, -0.1) is 5.06 Å². The summed E-state index contributed by atoms with van der Waals surface area (Å²) in [6.45, 7) is -0.145. The van der Waals surface area contributed by atoms with E-state index in [1.807, 2.05) is 42.5 Å². The summed E-state index contributed by atoms with van der Waals surface area (Å²) in [5, 5.41) is 12.1. The third-order valence-electron chi connectivity index (χ3n) is 6.30. The first-order valence-electron chi connectivity index (χ1n) is 11.8. The molecular formula is C28H29FN2O6. The molecule has 1 aliphatic heterocycles. The second kappa shape index (κ2) is 12.1. The summed E-state index contributed by atoms with van der Waals surface area (Å²) in [5.41, 5.74) is 2.01. The molecule has 1 saturated heterocycles. The number of aliphatic hydroxyl groups excluding tert-OH is 1. The van der Waals surface area contributed by atoms with Crippen LogP contribution in [-0.2, 0) is 32.1 Å². The second-order valence-electron chi connectivity index (χ2n) is 8.67. The second-order valence-corrected chi connectivity index (χ2v) is 8.67. The Labute approximate surface area is 214 Å². The molecular weight excluding hydrogens is 479 g/mol. The Morgan fingerprint density at radius 3 is 2.19 bits per heavy atom. The molecule has 194 valence electrons. The summed E-state index contributed by atoms with van der Waals surface area (Å²) in [5.74, 6) is -1.11. The van der Waals surface area contributed by atoms with Gasteiger partial charge in [0.2, 0.25) is 0 Å². The highest BCUT2D eigenvalue weighted by molar-refractivity contribution is 6.02. The molecule has 9 heteroatoms. The lowest BCUT2D eigenvalue weighted by molar-refractivity contribution is -0.237. The van der Waals surface area contributed by atoms with Gasteiger partial charge in [0, 0.05) is 13.7 Å². The van der Waals surface area contributed by atoms with E-state index in [-0.39, 0.29) is 19.8 Å². The third-order valence-corrected chi connectivity index (χ3v) is 6.30. The highest BCUT2D eigenvalue weighted by Crippen LogP contribution is 2.32. The van der Waals surface area contributed by atoms with Gasteiger partial charge in [0.15, 0.2) is 6.79 Å². The predicted octanol–water partition coefficient (Wildman–Crippen LogP) is 3.25. The van der Waals surface area contributed by atoms with Crippen LogP contribution in [0.2, 0.25) is 0 Å². The normalized spacial score (nSPS) is 19.2. The van der Waals surface area contributed by atoms with E-state index in [4.69, 9.17) is 14.3 Å². The van der Waals surface area contributed by atoms with Crippen molar-refractivity contribution in [2.75, 3.05) is 21.0 Å². The Morgan fingerprint density at radius 2 is 1.57 bits per heavy atom. The van der Waals surface area contributed by atoms with Gasteiger partial charge >= 0.3 is 0 Å². The van der Waals surface area contributed by atoms with Crippen molar-refractivity contribution in [2.45, 2.75) is 31.2 Å². The maximum Gasteiger partial charge on any atom is 0.274 e. The standard InChI is InChI=1S/C28H29FN2O6/c1-35-18-37-31-27(33)24(16-19-6-4-3-5-7-19)30(17-20-8-14-23(36-2)15-9-20)25(28(31)34)26(32)21-10-12-22(29)13-11-21/h3-15,24-26,32H,16-18H2,1-2H3. The maximum absolute atomic E-state index is 13.7.